The third kappa shape index (κ3) is 3.13. The van der Waals surface area contributed by atoms with E-state index < -0.39 is 6.10 Å². The average Bonchev–Trinajstić information content (AvgIpc) is 3.27. The molecule has 1 fully saturated rings. The van der Waals surface area contributed by atoms with E-state index >= 15 is 0 Å². The molecule has 0 aliphatic carbocycles. The fraction of sp³-hybridized carbons (Fsp3) is 0.526. The minimum absolute atomic E-state index is 0.0749. The molecule has 6 heteroatoms. The molecule has 1 N–H and O–H groups in total. The Morgan fingerprint density at radius 1 is 1.36 bits per heavy atom. The van der Waals surface area contributed by atoms with Crippen molar-refractivity contribution in [2.75, 3.05) is 13.1 Å². The van der Waals surface area contributed by atoms with Gasteiger partial charge in [-0.25, -0.2) is 4.98 Å². The first-order chi connectivity index (χ1) is 12.1. The van der Waals surface area contributed by atoms with Crippen molar-refractivity contribution in [3.05, 3.63) is 29.6 Å². The molecule has 25 heavy (non-hydrogen) atoms. The summed E-state index contributed by atoms with van der Waals surface area (Å²) in [5.74, 6) is 1.50. The highest BCUT2D eigenvalue weighted by Crippen LogP contribution is 2.29. The fourth-order valence-corrected chi connectivity index (χ4v) is 3.68. The first kappa shape index (κ1) is 16.1. The number of rotatable bonds is 3. The number of carbonyl (C=O) groups is 1. The van der Waals surface area contributed by atoms with Crippen molar-refractivity contribution >= 4 is 22.7 Å². The Bertz CT molecular complexity index is 818. The maximum absolute atomic E-state index is 12.6. The minimum atomic E-state index is -0.416. The maximum atomic E-state index is 12.6. The van der Waals surface area contributed by atoms with Crippen LogP contribution in [-0.2, 0) is 9.63 Å². The normalized spacial score (nSPS) is 21.4. The van der Waals surface area contributed by atoms with E-state index in [4.69, 9.17) is 9.82 Å². The fourth-order valence-electron chi connectivity index (χ4n) is 3.68. The molecule has 132 valence electrons. The van der Waals surface area contributed by atoms with Crippen molar-refractivity contribution in [1.82, 2.24) is 14.9 Å². The number of nitrogens with one attached hydrogen (secondary N) is 1. The van der Waals surface area contributed by atoms with E-state index in [1.807, 2.05) is 11.8 Å². The topological polar surface area (TPSA) is 70.6 Å². The molecule has 4 rings (SSSR count). The number of carbonyl (C=O) groups excluding carboxylic acids is 1. The third-order valence-corrected chi connectivity index (χ3v) is 5.26. The van der Waals surface area contributed by atoms with Gasteiger partial charge in [-0.3, -0.25) is 4.79 Å². The van der Waals surface area contributed by atoms with Crippen LogP contribution in [0, 0.1) is 6.92 Å². The van der Waals surface area contributed by atoms with E-state index in [9.17, 15) is 4.79 Å². The van der Waals surface area contributed by atoms with Crippen molar-refractivity contribution in [2.45, 2.75) is 51.6 Å². The lowest BCUT2D eigenvalue weighted by atomic mass is 9.95. The molecule has 2 aliphatic heterocycles. The van der Waals surface area contributed by atoms with Gasteiger partial charge >= 0.3 is 0 Å². The molecular weight excluding hydrogens is 316 g/mol. The van der Waals surface area contributed by atoms with Crippen LogP contribution in [-0.4, -0.2) is 45.7 Å². The van der Waals surface area contributed by atoms with Gasteiger partial charge < -0.3 is 14.7 Å². The van der Waals surface area contributed by atoms with E-state index in [1.165, 1.54) is 5.56 Å². The summed E-state index contributed by atoms with van der Waals surface area (Å²) < 4.78 is 0. The number of likely N-dealkylation sites (tertiary alicyclic amines) is 1. The lowest BCUT2D eigenvalue weighted by molar-refractivity contribution is -0.143. The lowest BCUT2D eigenvalue weighted by Gasteiger charge is -2.32. The quantitative estimate of drug-likeness (QED) is 0.933. The molecular formula is C19H24N4O2. The van der Waals surface area contributed by atoms with Gasteiger partial charge in [0.2, 0.25) is 6.10 Å². The van der Waals surface area contributed by atoms with Gasteiger partial charge in [-0.2, -0.15) is 0 Å². The van der Waals surface area contributed by atoms with Gasteiger partial charge in [0.25, 0.3) is 5.91 Å². The molecule has 0 saturated carbocycles. The van der Waals surface area contributed by atoms with Crippen molar-refractivity contribution in [3.63, 3.8) is 0 Å². The number of benzene rings is 1. The van der Waals surface area contributed by atoms with Crippen LogP contribution >= 0.6 is 0 Å². The summed E-state index contributed by atoms with van der Waals surface area (Å²) >= 11 is 0. The average molecular weight is 340 g/mol. The number of aromatic amines is 1. The van der Waals surface area contributed by atoms with Crippen LogP contribution in [0.2, 0.25) is 0 Å². The summed E-state index contributed by atoms with van der Waals surface area (Å²) in [6.45, 7) is 5.62. The second-order valence-electron chi connectivity index (χ2n) is 7.05. The number of nitrogens with zero attached hydrogens (tertiary/aromatic N) is 3. The predicted molar refractivity (Wildman–Crippen MR) is 96.6 cm³/mol. The maximum Gasteiger partial charge on any atom is 0.266 e. The van der Waals surface area contributed by atoms with Gasteiger partial charge in [-0.1, -0.05) is 18.1 Å². The molecule has 1 aromatic carbocycles. The van der Waals surface area contributed by atoms with E-state index in [1.54, 1.807) is 0 Å². The first-order valence-electron chi connectivity index (χ1n) is 9.10. The van der Waals surface area contributed by atoms with Gasteiger partial charge in [-0.05, 0) is 43.9 Å². The summed E-state index contributed by atoms with van der Waals surface area (Å²) in [7, 11) is 0. The number of amides is 1. The number of fused-ring (bicyclic) bond motifs is 1. The summed E-state index contributed by atoms with van der Waals surface area (Å²) in [6, 6.07) is 6.28. The van der Waals surface area contributed by atoms with Gasteiger partial charge in [0, 0.05) is 25.4 Å². The minimum Gasteiger partial charge on any atom is -0.382 e. The van der Waals surface area contributed by atoms with E-state index in [0.29, 0.717) is 12.3 Å². The van der Waals surface area contributed by atoms with Gasteiger partial charge in [0.1, 0.15) is 5.82 Å². The van der Waals surface area contributed by atoms with Crippen LogP contribution in [0.3, 0.4) is 0 Å². The zero-order valence-electron chi connectivity index (χ0n) is 14.8. The Morgan fingerprint density at radius 2 is 2.16 bits per heavy atom. The Labute approximate surface area is 147 Å². The molecule has 2 aliphatic rings. The third-order valence-electron chi connectivity index (χ3n) is 5.26. The van der Waals surface area contributed by atoms with Crippen LogP contribution in [0.5, 0.6) is 0 Å². The zero-order valence-corrected chi connectivity index (χ0v) is 14.8. The molecule has 0 radical (unpaired) electrons. The molecule has 2 aromatic rings. The number of imidazole rings is 1. The van der Waals surface area contributed by atoms with E-state index in [2.05, 4.69) is 35.3 Å². The number of piperidine rings is 1. The van der Waals surface area contributed by atoms with E-state index in [0.717, 1.165) is 54.9 Å². The SMILES string of the molecule is CCC1=NOC(C(=O)N2CCC(c3nc4ccc(C)cc4[nH]3)CC2)C1. The molecule has 3 heterocycles. The van der Waals surface area contributed by atoms with Crippen LogP contribution in [0.15, 0.2) is 23.4 Å². The van der Waals surface area contributed by atoms with Crippen LogP contribution in [0.1, 0.15) is 49.9 Å². The summed E-state index contributed by atoms with van der Waals surface area (Å²) in [6.07, 6.45) is 2.92. The van der Waals surface area contributed by atoms with Crippen molar-refractivity contribution < 1.29 is 9.63 Å². The summed E-state index contributed by atoms with van der Waals surface area (Å²) in [5, 5.41) is 4.00. The summed E-state index contributed by atoms with van der Waals surface area (Å²) in [5.41, 5.74) is 4.32. The largest absolute Gasteiger partial charge is 0.382 e. The van der Waals surface area contributed by atoms with Gasteiger partial charge in [0.15, 0.2) is 0 Å². The standard InChI is InChI=1S/C19H24N4O2/c1-3-14-11-17(25-22-14)19(24)23-8-6-13(7-9-23)18-20-15-5-4-12(2)10-16(15)21-18/h4-5,10,13,17H,3,6-9,11H2,1-2H3,(H,20,21). The number of hydrogen-bond donors (Lipinski definition) is 1. The molecule has 1 atom stereocenters. The second-order valence-corrected chi connectivity index (χ2v) is 7.05. The first-order valence-corrected chi connectivity index (χ1v) is 9.10. The molecule has 0 bridgehead atoms. The van der Waals surface area contributed by atoms with Gasteiger partial charge in [0.05, 0.1) is 16.7 Å². The predicted octanol–water partition coefficient (Wildman–Crippen LogP) is 3.13. The molecule has 1 aromatic heterocycles. The number of hydrogen-bond acceptors (Lipinski definition) is 4. The van der Waals surface area contributed by atoms with Crippen LogP contribution < -0.4 is 0 Å². The number of oxime groups is 1. The molecule has 6 nitrogen and oxygen atoms in total. The van der Waals surface area contributed by atoms with Crippen molar-refractivity contribution in [1.29, 1.82) is 0 Å². The highest BCUT2D eigenvalue weighted by Gasteiger charge is 2.34. The lowest BCUT2D eigenvalue weighted by Crippen LogP contribution is -2.43. The highest BCUT2D eigenvalue weighted by atomic mass is 16.6. The smallest absolute Gasteiger partial charge is 0.266 e. The van der Waals surface area contributed by atoms with E-state index in [-0.39, 0.29) is 5.91 Å². The molecule has 1 saturated heterocycles. The Balaban J connectivity index is 1.38. The molecule has 1 unspecified atom stereocenters. The Morgan fingerprint density at radius 3 is 2.88 bits per heavy atom. The van der Waals surface area contributed by atoms with Crippen LogP contribution in [0.25, 0.3) is 11.0 Å². The number of aromatic nitrogens is 2. The van der Waals surface area contributed by atoms with Gasteiger partial charge in [-0.15, -0.1) is 0 Å². The zero-order chi connectivity index (χ0) is 17.4. The highest BCUT2D eigenvalue weighted by molar-refractivity contribution is 5.92. The Hall–Kier alpha value is -2.37. The Kier molecular flexibility index (Phi) is 4.19. The number of aryl methyl sites for hydroxylation is 1. The van der Waals surface area contributed by atoms with Crippen LogP contribution in [0.4, 0.5) is 0 Å². The monoisotopic (exact) mass is 340 g/mol. The number of H-pyrrole nitrogens is 1. The van der Waals surface area contributed by atoms with Crippen molar-refractivity contribution in [3.8, 4) is 0 Å². The van der Waals surface area contributed by atoms with Crippen molar-refractivity contribution in [2.24, 2.45) is 5.16 Å². The second kappa shape index (κ2) is 6.50. The molecule has 0 spiro atoms. The molecule has 1 amide bonds. The summed E-state index contributed by atoms with van der Waals surface area (Å²) in [4.78, 5) is 28.0.